The first-order valence-corrected chi connectivity index (χ1v) is 8.34. The van der Waals surface area contributed by atoms with Crippen LogP contribution < -0.4 is 14.4 Å². The Balaban J connectivity index is 1.54. The molecule has 0 unspecified atom stereocenters. The van der Waals surface area contributed by atoms with Gasteiger partial charge in [-0.15, -0.1) is 0 Å². The number of hydrogen-bond acceptors (Lipinski definition) is 6. The minimum Gasteiger partial charge on any atom is -0.480 e. The monoisotopic (exact) mass is 347 g/mol. The number of nitrogens with one attached hydrogen (secondary N) is 1. The first-order chi connectivity index (χ1) is 12.1. The van der Waals surface area contributed by atoms with E-state index in [4.69, 9.17) is 14.0 Å². The summed E-state index contributed by atoms with van der Waals surface area (Å²) in [6.07, 6.45) is 0. The lowest BCUT2D eigenvalue weighted by atomic mass is 10.3. The van der Waals surface area contributed by atoms with E-state index in [2.05, 4.69) is 17.2 Å². The fraction of sp³-hybridized carbons (Fsp3) is 0.471. The molecule has 1 saturated heterocycles. The zero-order valence-corrected chi connectivity index (χ0v) is 14.5. The Labute approximate surface area is 146 Å². The van der Waals surface area contributed by atoms with E-state index in [9.17, 15) is 4.79 Å². The maximum atomic E-state index is 12.3. The lowest BCUT2D eigenvalue weighted by Crippen LogP contribution is -3.12. The van der Waals surface area contributed by atoms with E-state index >= 15 is 0 Å². The van der Waals surface area contributed by atoms with Crippen LogP contribution in [-0.2, 0) is 11.4 Å². The number of nitrogens with zero attached hydrogens (tertiary/aromatic N) is 3. The number of rotatable bonds is 6. The molecule has 8 heteroatoms. The molecule has 0 radical (unpaired) electrons. The van der Waals surface area contributed by atoms with Crippen molar-refractivity contribution in [1.29, 1.82) is 0 Å². The Hall–Kier alpha value is -2.61. The molecule has 0 atom stereocenters. The van der Waals surface area contributed by atoms with E-state index in [1.54, 1.807) is 19.1 Å². The van der Waals surface area contributed by atoms with Crippen molar-refractivity contribution in [2.45, 2.75) is 13.5 Å². The molecule has 134 valence electrons. The highest BCUT2D eigenvalue weighted by Crippen LogP contribution is 2.27. The summed E-state index contributed by atoms with van der Waals surface area (Å²) in [6.45, 7) is 5.36. The molecule has 1 aromatic heterocycles. The van der Waals surface area contributed by atoms with Crippen LogP contribution >= 0.6 is 0 Å². The van der Waals surface area contributed by atoms with Crippen molar-refractivity contribution in [1.82, 2.24) is 15.0 Å². The number of ether oxygens (including phenoxy) is 2. The summed E-state index contributed by atoms with van der Waals surface area (Å²) in [6, 6.07) is 7.23. The zero-order chi connectivity index (χ0) is 17.6. The zero-order valence-electron chi connectivity index (χ0n) is 14.5. The number of carbonyl (C=O) groups is 1. The van der Waals surface area contributed by atoms with Crippen molar-refractivity contribution in [2.24, 2.45) is 0 Å². The molecule has 8 nitrogen and oxygen atoms in total. The minimum atomic E-state index is -0.00479. The Morgan fingerprint density at radius 1 is 1.24 bits per heavy atom. The number of aromatic nitrogens is 2. The van der Waals surface area contributed by atoms with Gasteiger partial charge in [-0.2, -0.15) is 4.98 Å². The highest BCUT2D eigenvalue weighted by atomic mass is 16.5. The van der Waals surface area contributed by atoms with Gasteiger partial charge in [0.05, 0.1) is 33.2 Å². The van der Waals surface area contributed by atoms with Crippen LogP contribution in [0.3, 0.4) is 0 Å². The molecule has 1 aromatic carbocycles. The van der Waals surface area contributed by atoms with Gasteiger partial charge in [0.1, 0.15) is 0 Å². The molecule has 1 N–H and O–H groups in total. The van der Waals surface area contributed by atoms with Crippen LogP contribution in [0.4, 0.5) is 0 Å². The van der Waals surface area contributed by atoms with Gasteiger partial charge in [0, 0.05) is 0 Å². The van der Waals surface area contributed by atoms with Gasteiger partial charge in [0.2, 0.25) is 0 Å². The number of amides is 1. The quantitative estimate of drug-likeness (QED) is 0.772. The lowest BCUT2D eigenvalue weighted by molar-refractivity contribution is -0.883. The summed E-state index contributed by atoms with van der Waals surface area (Å²) in [4.78, 5) is 19.7. The van der Waals surface area contributed by atoms with Crippen LogP contribution in [0, 0.1) is 6.92 Å². The number of piperazine rings is 1. The smallest absolute Gasteiger partial charge is 0.264 e. The molecular weight excluding hydrogens is 324 g/mol. The molecule has 0 aliphatic carbocycles. The van der Waals surface area contributed by atoms with Crippen molar-refractivity contribution < 1.29 is 23.7 Å². The maximum Gasteiger partial charge on any atom is 0.264 e. The van der Waals surface area contributed by atoms with Gasteiger partial charge < -0.3 is 23.8 Å². The van der Waals surface area contributed by atoms with Gasteiger partial charge in [-0.05, 0) is 19.1 Å². The van der Waals surface area contributed by atoms with Crippen molar-refractivity contribution >= 4 is 5.91 Å². The number of aryl methyl sites for hydroxylation is 1. The predicted octanol–water partition coefficient (Wildman–Crippen LogP) is -0.307. The van der Waals surface area contributed by atoms with Crippen LogP contribution in [-0.4, -0.2) is 60.8 Å². The number of carbonyl (C=O) groups excluding carboxylic acids is 1. The third kappa shape index (κ3) is 4.69. The van der Waals surface area contributed by atoms with Crippen molar-refractivity contribution in [3.05, 3.63) is 36.0 Å². The van der Waals surface area contributed by atoms with Crippen molar-refractivity contribution in [2.75, 3.05) is 39.8 Å². The fourth-order valence-electron chi connectivity index (χ4n) is 2.60. The summed E-state index contributed by atoms with van der Waals surface area (Å²) < 4.78 is 16.4. The molecule has 25 heavy (non-hydrogen) atoms. The van der Waals surface area contributed by atoms with E-state index in [1.807, 2.05) is 17.0 Å². The average molecular weight is 347 g/mol. The van der Waals surface area contributed by atoms with Gasteiger partial charge in [0.25, 0.3) is 11.8 Å². The molecule has 3 rings (SSSR count). The number of likely N-dealkylation sites (N-methyl/N-ethyl adjacent to an activating group) is 1. The molecule has 0 saturated carbocycles. The van der Waals surface area contributed by atoms with Crippen LogP contribution in [0.5, 0.6) is 11.5 Å². The number of hydrogen-bond donors (Lipinski definition) is 1. The SMILES string of the molecule is Cc1noc(COc2ccccc2OCC(=O)N2CC[NH+](C)CC2)n1. The largest absolute Gasteiger partial charge is 0.480 e. The van der Waals surface area contributed by atoms with Gasteiger partial charge in [-0.3, -0.25) is 4.79 Å². The number of para-hydroxylation sites is 2. The molecule has 1 fully saturated rings. The summed E-state index contributed by atoms with van der Waals surface area (Å²) >= 11 is 0. The molecule has 1 aliphatic rings. The first kappa shape index (κ1) is 17.2. The second-order valence-corrected chi connectivity index (χ2v) is 6.10. The van der Waals surface area contributed by atoms with E-state index < -0.39 is 0 Å². The Morgan fingerprint density at radius 3 is 2.56 bits per heavy atom. The standard InChI is InChI=1S/C17H22N4O4/c1-13-18-16(25-19-13)11-23-14-5-3-4-6-15(14)24-12-17(22)21-9-7-20(2)8-10-21/h3-6H,7-12H2,1-2H3/p+1. The molecular formula is C17H23N4O4+. The lowest BCUT2D eigenvalue weighted by Gasteiger charge is -2.30. The first-order valence-electron chi connectivity index (χ1n) is 8.34. The van der Waals surface area contributed by atoms with E-state index in [0.29, 0.717) is 23.2 Å². The topological polar surface area (TPSA) is 82.1 Å². The highest BCUT2D eigenvalue weighted by molar-refractivity contribution is 5.77. The van der Waals surface area contributed by atoms with Gasteiger partial charge >= 0.3 is 0 Å². The molecule has 0 spiro atoms. The molecule has 2 heterocycles. The summed E-state index contributed by atoms with van der Waals surface area (Å²) in [5.41, 5.74) is 0. The van der Waals surface area contributed by atoms with Crippen molar-refractivity contribution in [3.63, 3.8) is 0 Å². The Bertz CT molecular complexity index is 710. The molecule has 0 bridgehead atoms. The third-order valence-electron chi connectivity index (χ3n) is 4.09. The molecule has 1 amide bonds. The van der Waals surface area contributed by atoms with E-state index in [0.717, 1.165) is 26.2 Å². The normalized spacial score (nSPS) is 15.2. The third-order valence-corrected chi connectivity index (χ3v) is 4.09. The van der Waals surface area contributed by atoms with Gasteiger partial charge in [-0.1, -0.05) is 17.3 Å². The minimum absolute atomic E-state index is 0.000906. The average Bonchev–Trinajstić information content (AvgIpc) is 3.04. The highest BCUT2D eigenvalue weighted by Gasteiger charge is 2.22. The summed E-state index contributed by atoms with van der Waals surface area (Å²) in [5, 5.41) is 3.72. The van der Waals surface area contributed by atoms with Gasteiger partial charge in [-0.25, -0.2) is 0 Å². The van der Waals surface area contributed by atoms with Crippen LogP contribution in [0.25, 0.3) is 0 Å². The van der Waals surface area contributed by atoms with Crippen molar-refractivity contribution in [3.8, 4) is 11.5 Å². The summed E-state index contributed by atoms with van der Waals surface area (Å²) in [7, 11) is 2.14. The second-order valence-electron chi connectivity index (χ2n) is 6.10. The van der Waals surface area contributed by atoms with Gasteiger partial charge in [0.15, 0.2) is 30.5 Å². The predicted molar refractivity (Wildman–Crippen MR) is 88.5 cm³/mol. The second kappa shape index (κ2) is 7.98. The Kier molecular flexibility index (Phi) is 5.49. The molecule has 1 aliphatic heterocycles. The Morgan fingerprint density at radius 2 is 1.92 bits per heavy atom. The van der Waals surface area contributed by atoms with E-state index in [1.165, 1.54) is 4.90 Å². The van der Waals surface area contributed by atoms with Crippen LogP contribution in [0.15, 0.2) is 28.8 Å². The summed E-state index contributed by atoms with van der Waals surface area (Å²) in [5.74, 6) is 2.00. The van der Waals surface area contributed by atoms with Crippen LogP contribution in [0.1, 0.15) is 11.7 Å². The number of quaternary nitrogens is 1. The van der Waals surface area contributed by atoms with Crippen LogP contribution in [0.2, 0.25) is 0 Å². The molecule has 2 aromatic rings. The number of benzene rings is 1. The van der Waals surface area contributed by atoms with E-state index in [-0.39, 0.29) is 19.1 Å². The fourth-order valence-corrected chi connectivity index (χ4v) is 2.60. The maximum absolute atomic E-state index is 12.3.